The van der Waals surface area contributed by atoms with Crippen molar-refractivity contribution in [2.45, 2.75) is 39.5 Å². The molecular formula is C17H22N2O2S. The molecule has 0 spiro atoms. The minimum Gasteiger partial charge on any atom is -0.484 e. The first kappa shape index (κ1) is 16.5. The maximum atomic E-state index is 11.9. The number of nitrogens with one attached hydrogen (secondary N) is 1. The van der Waals surface area contributed by atoms with Gasteiger partial charge in [0.1, 0.15) is 5.75 Å². The van der Waals surface area contributed by atoms with E-state index in [9.17, 15) is 4.79 Å². The summed E-state index contributed by atoms with van der Waals surface area (Å²) in [4.78, 5) is 16.3. The van der Waals surface area contributed by atoms with Gasteiger partial charge in [0.25, 0.3) is 5.91 Å². The molecule has 1 amide bonds. The minimum atomic E-state index is -0.200. The van der Waals surface area contributed by atoms with Gasteiger partial charge in [0.15, 0.2) is 11.7 Å². The lowest BCUT2D eigenvalue weighted by Crippen LogP contribution is -2.20. The van der Waals surface area contributed by atoms with Crippen LogP contribution in [0.15, 0.2) is 29.6 Å². The Hall–Kier alpha value is -1.88. The number of rotatable bonds is 5. The first-order valence-electron chi connectivity index (χ1n) is 7.36. The second-order valence-electron chi connectivity index (χ2n) is 6.12. The summed E-state index contributed by atoms with van der Waals surface area (Å²) in [5, 5.41) is 5.35. The molecule has 4 nitrogen and oxygen atoms in total. The maximum absolute atomic E-state index is 11.9. The van der Waals surface area contributed by atoms with Crippen LogP contribution in [0.25, 0.3) is 0 Å². The Bertz CT molecular complexity index is 627. The SMILES string of the molecule is CCc1ccc(OCC(=O)Nc2nc(C(C)(C)C)cs2)cc1. The smallest absolute Gasteiger partial charge is 0.264 e. The van der Waals surface area contributed by atoms with Gasteiger partial charge in [-0.2, -0.15) is 0 Å². The third-order valence-electron chi connectivity index (χ3n) is 3.22. The van der Waals surface area contributed by atoms with Gasteiger partial charge >= 0.3 is 0 Å². The summed E-state index contributed by atoms with van der Waals surface area (Å²) in [5.74, 6) is 0.497. The molecule has 2 rings (SSSR count). The second kappa shape index (κ2) is 6.92. The van der Waals surface area contributed by atoms with Crippen LogP contribution in [0, 0.1) is 0 Å². The van der Waals surface area contributed by atoms with Gasteiger partial charge in [0.05, 0.1) is 5.69 Å². The Morgan fingerprint density at radius 1 is 1.27 bits per heavy atom. The normalized spacial score (nSPS) is 11.3. The Kier molecular flexibility index (Phi) is 5.19. The van der Waals surface area contributed by atoms with Gasteiger partial charge in [0, 0.05) is 10.8 Å². The highest BCUT2D eigenvalue weighted by Gasteiger charge is 2.18. The fourth-order valence-electron chi connectivity index (χ4n) is 1.80. The summed E-state index contributed by atoms with van der Waals surface area (Å²) >= 11 is 1.43. The van der Waals surface area contributed by atoms with Crippen LogP contribution < -0.4 is 10.1 Å². The highest BCUT2D eigenvalue weighted by Crippen LogP contribution is 2.26. The third kappa shape index (κ3) is 4.56. The van der Waals surface area contributed by atoms with Gasteiger partial charge in [0.2, 0.25) is 0 Å². The summed E-state index contributed by atoms with van der Waals surface area (Å²) in [6, 6.07) is 7.77. The topological polar surface area (TPSA) is 51.2 Å². The minimum absolute atomic E-state index is 0.0169. The van der Waals surface area contributed by atoms with E-state index in [1.807, 2.05) is 29.6 Å². The van der Waals surface area contributed by atoms with E-state index in [1.165, 1.54) is 16.9 Å². The zero-order valence-electron chi connectivity index (χ0n) is 13.5. The van der Waals surface area contributed by atoms with Crippen molar-refractivity contribution in [1.82, 2.24) is 4.98 Å². The van der Waals surface area contributed by atoms with Crippen molar-refractivity contribution in [3.05, 3.63) is 40.9 Å². The number of anilines is 1. The highest BCUT2D eigenvalue weighted by atomic mass is 32.1. The number of amides is 1. The zero-order valence-corrected chi connectivity index (χ0v) is 14.3. The Morgan fingerprint density at radius 3 is 2.50 bits per heavy atom. The molecule has 0 fully saturated rings. The Morgan fingerprint density at radius 2 is 1.95 bits per heavy atom. The molecule has 22 heavy (non-hydrogen) atoms. The number of hydrogen-bond acceptors (Lipinski definition) is 4. The Balaban J connectivity index is 1.86. The lowest BCUT2D eigenvalue weighted by Gasteiger charge is -2.14. The van der Waals surface area contributed by atoms with E-state index in [2.05, 4.69) is 38.0 Å². The number of hydrogen-bond donors (Lipinski definition) is 1. The number of carbonyl (C=O) groups is 1. The van der Waals surface area contributed by atoms with E-state index in [0.29, 0.717) is 10.9 Å². The molecule has 1 heterocycles. The van der Waals surface area contributed by atoms with Crippen LogP contribution in [0.5, 0.6) is 5.75 Å². The average Bonchev–Trinajstić information content (AvgIpc) is 2.94. The molecular weight excluding hydrogens is 296 g/mol. The summed E-state index contributed by atoms with van der Waals surface area (Å²) < 4.78 is 5.48. The van der Waals surface area contributed by atoms with Crippen LogP contribution in [0.2, 0.25) is 0 Å². The first-order chi connectivity index (χ1) is 10.4. The number of ether oxygens (including phenoxy) is 1. The van der Waals surface area contributed by atoms with Gasteiger partial charge in [-0.3, -0.25) is 10.1 Å². The van der Waals surface area contributed by atoms with Crippen LogP contribution in [-0.4, -0.2) is 17.5 Å². The summed E-state index contributed by atoms with van der Waals surface area (Å²) in [5.41, 5.74) is 2.20. The predicted molar refractivity (Wildman–Crippen MR) is 90.8 cm³/mol. The quantitative estimate of drug-likeness (QED) is 0.906. The molecule has 0 saturated heterocycles. The van der Waals surface area contributed by atoms with Crippen LogP contribution in [0.3, 0.4) is 0 Å². The largest absolute Gasteiger partial charge is 0.484 e. The monoisotopic (exact) mass is 318 g/mol. The molecule has 2 aromatic rings. The zero-order chi connectivity index (χ0) is 16.2. The number of benzene rings is 1. The summed E-state index contributed by atoms with van der Waals surface area (Å²) in [7, 11) is 0. The summed E-state index contributed by atoms with van der Waals surface area (Å²) in [6.07, 6.45) is 0.987. The van der Waals surface area contributed by atoms with Crippen molar-refractivity contribution in [2.75, 3.05) is 11.9 Å². The van der Waals surface area contributed by atoms with Crippen LogP contribution in [-0.2, 0) is 16.6 Å². The molecule has 1 aromatic heterocycles. The number of thiazole rings is 1. The molecule has 1 N–H and O–H groups in total. The first-order valence-corrected chi connectivity index (χ1v) is 8.24. The van der Waals surface area contributed by atoms with Gasteiger partial charge < -0.3 is 4.74 Å². The van der Waals surface area contributed by atoms with E-state index in [0.717, 1.165) is 12.1 Å². The lowest BCUT2D eigenvalue weighted by atomic mass is 9.93. The molecule has 0 bridgehead atoms. The van der Waals surface area contributed by atoms with Crippen molar-refractivity contribution in [2.24, 2.45) is 0 Å². The van der Waals surface area contributed by atoms with E-state index in [-0.39, 0.29) is 17.9 Å². The number of aromatic nitrogens is 1. The van der Waals surface area contributed by atoms with E-state index < -0.39 is 0 Å². The molecule has 0 aliphatic rings. The fraction of sp³-hybridized carbons (Fsp3) is 0.412. The molecule has 0 aliphatic heterocycles. The molecule has 5 heteroatoms. The van der Waals surface area contributed by atoms with E-state index >= 15 is 0 Å². The highest BCUT2D eigenvalue weighted by molar-refractivity contribution is 7.13. The third-order valence-corrected chi connectivity index (χ3v) is 3.98. The van der Waals surface area contributed by atoms with E-state index in [1.54, 1.807) is 0 Å². The molecule has 0 radical (unpaired) electrons. The molecule has 0 aliphatic carbocycles. The molecule has 118 valence electrons. The lowest BCUT2D eigenvalue weighted by molar-refractivity contribution is -0.118. The number of aryl methyl sites for hydroxylation is 1. The number of carbonyl (C=O) groups excluding carboxylic acids is 1. The van der Waals surface area contributed by atoms with Gasteiger partial charge in [-0.1, -0.05) is 39.8 Å². The van der Waals surface area contributed by atoms with Gasteiger partial charge in [-0.25, -0.2) is 4.98 Å². The number of nitrogens with zero attached hydrogens (tertiary/aromatic N) is 1. The van der Waals surface area contributed by atoms with Crippen molar-refractivity contribution in [3.63, 3.8) is 0 Å². The summed E-state index contributed by atoms with van der Waals surface area (Å²) in [6.45, 7) is 8.36. The Labute approximate surface area is 135 Å². The van der Waals surface area contributed by atoms with Crippen molar-refractivity contribution in [1.29, 1.82) is 0 Å². The van der Waals surface area contributed by atoms with Crippen LogP contribution in [0.4, 0.5) is 5.13 Å². The second-order valence-corrected chi connectivity index (χ2v) is 6.98. The van der Waals surface area contributed by atoms with E-state index in [4.69, 9.17) is 4.74 Å². The predicted octanol–water partition coefficient (Wildman–Crippen LogP) is 4.02. The van der Waals surface area contributed by atoms with Crippen molar-refractivity contribution < 1.29 is 9.53 Å². The standard InChI is InChI=1S/C17H22N2O2S/c1-5-12-6-8-13(9-7-12)21-10-15(20)19-16-18-14(11-22-16)17(2,3)4/h6-9,11H,5,10H2,1-4H3,(H,18,19,20). The fourth-order valence-corrected chi connectivity index (χ4v) is 2.75. The van der Waals surface area contributed by atoms with Crippen molar-refractivity contribution in [3.8, 4) is 5.75 Å². The van der Waals surface area contributed by atoms with Crippen LogP contribution >= 0.6 is 11.3 Å². The molecule has 0 unspecified atom stereocenters. The van der Waals surface area contributed by atoms with Crippen molar-refractivity contribution >= 4 is 22.4 Å². The molecule has 0 saturated carbocycles. The molecule has 0 atom stereocenters. The maximum Gasteiger partial charge on any atom is 0.264 e. The van der Waals surface area contributed by atoms with Crippen LogP contribution in [0.1, 0.15) is 39.0 Å². The van der Waals surface area contributed by atoms with Gasteiger partial charge in [-0.15, -0.1) is 11.3 Å². The molecule has 1 aromatic carbocycles. The van der Waals surface area contributed by atoms with Gasteiger partial charge in [-0.05, 0) is 24.1 Å². The average molecular weight is 318 g/mol.